The van der Waals surface area contributed by atoms with Crippen LogP contribution in [0, 0.1) is 23.2 Å². The van der Waals surface area contributed by atoms with Gasteiger partial charge in [0.05, 0.1) is 12.1 Å². The first-order valence-electron chi connectivity index (χ1n) is 7.50. The number of methoxy groups -OCH3 is 1. The maximum atomic E-state index is 10.3. The highest BCUT2D eigenvalue weighted by atomic mass is 35.5. The summed E-state index contributed by atoms with van der Waals surface area (Å²) in [6.07, 6.45) is 3.21. The van der Waals surface area contributed by atoms with Crippen molar-refractivity contribution in [1.29, 1.82) is 5.41 Å². The van der Waals surface area contributed by atoms with Gasteiger partial charge in [-0.1, -0.05) is 36.4 Å². The molecule has 0 spiro atoms. The fourth-order valence-corrected chi connectivity index (χ4v) is 2.43. The molecule has 0 heterocycles. The summed E-state index contributed by atoms with van der Waals surface area (Å²) in [5.41, 5.74) is 1.81. The molecule has 3 atom stereocenters. The van der Waals surface area contributed by atoms with Gasteiger partial charge in [-0.05, 0) is 31.4 Å². The average Bonchev–Trinajstić information content (AvgIpc) is 3.24. The number of benzene rings is 1. The zero-order valence-electron chi connectivity index (χ0n) is 13.5. The number of ether oxygens (including phenoxy) is 1. The van der Waals surface area contributed by atoms with Gasteiger partial charge in [0.1, 0.15) is 12.0 Å². The second-order valence-electron chi connectivity index (χ2n) is 5.61. The van der Waals surface area contributed by atoms with Crippen molar-refractivity contribution in [2.24, 2.45) is 5.92 Å². The lowest BCUT2D eigenvalue weighted by atomic mass is 10.1. The van der Waals surface area contributed by atoms with Gasteiger partial charge in [-0.2, -0.15) is 0 Å². The van der Waals surface area contributed by atoms with Crippen LogP contribution in [0.4, 0.5) is 0 Å². The fraction of sp³-hybridized carbons (Fsp3) is 0.389. The Hall–Kier alpha value is -1.80. The smallest absolute Gasteiger partial charge is 0.139 e. The molecular weight excluding hydrogens is 312 g/mol. The molecule has 1 saturated carbocycles. The number of halogens is 1. The Bertz CT molecular complexity index is 688. The summed E-state index contributed by atoms with van der Waals surface area (Å²) in [6.45, 7) is 3.96. The maximum absolute atomic E-state index is 10.3. The number of aliphatic hydroxyl groups excluding tert-OH is 1. The van der Waals surface area contributed by atoms with Gasteiger partial charge in [-0.25, -0.2) is 0 Å². The molecule has 1 aliphatic carbocycles. The minimum Gasteiger partial charge on any atom is -0.495 e. The SMILES string of the molecule is C/C=C(/C#Cc1cc(C(O)N[C@H]2CC2C)cc(OC)c1Cl)C=N. The molecule has 2 rings (SSSR count). The molecule has 0 aliphatic heterocycles. The molecular formula is C18H21ClN2O2. The largest absolute Gasteiger partial charge is 0.495 e. The third-order valence-corrected chi connectivity index (χ3v) is 4.28. The van der Waals surface area contributed by atoms with E-state index in [0.717, 1.165) is 6.42 Å². The summed E-state index contributed by atoms with van der Waals surface area (Å²) >= 11 is 6.29. The van der Waals surface area contributed by atoms with E-state index in [1.165, 1.54) is 13.3 Å². The van der Waals surface area contributed by atoms with Crippen LogP contribution >= 0.6 is 11.6 Å². The van der Waals surface area contributed by atoms with Crippen molar-refractivity contribution in [3.05, 3.63) is 39.9 Å². The highest BCUT2D eigenvalue weighted by molar-refractivity contribution is 6.33. The Morgan fingerprint density at radius 1 is 1.57 bits per heavy atom. The molecule has 122 valence electrons. The summed E-state index contributed by atoms with van der Waals surface area (Å²) in [6, 6.07) is 3.80. The van der Waals surface area contributed by atoms with Crippen molar-refractivity contribution < 1.29 is 9.84 Å². The fourth-order valence-electron chi connectivity index (χ4n) is 2.20. The Kier molecular flexibility index (Phi) is 5.84. The molecule has 0 amide bonds. The van der Waals surface area contributed by atoms with E-state index >= 15 is 0 Å². The molecule has 1 fully saturated rings. The third kappa shape index (κ3) is 4.35. The lowest BCUT2D eigenvalue weighted by Gasteiger charge is -2.15. The van der Waals surface area contributed by atoms with E-state index in [2.05, 4.69) is 24.1 Å². The van der Waals surface area contributed by atoms with Crippen LogP contribution in [0.3, 0.4) is 0 Å². The molecule has 0 aromatic heterocycles. The zero-order valence-corrected chi connectivity index (χ0v) is 14.2. The van der Waals surface area contributed by atoms with E-state index in [1.807, 2.05) is 6.92 Å². The van der Waals surface area contributed by atoms with E-state index in [1.54, 1.807) is 18.2 Å². The molecule has 1 aromatic carbocycles. The highest BCUT2D eigenvalue weighted by Gasteiger charge is 2.34. The van der Waals surface area contributed by atoms with Crippen LogP contribution < -0.4 is 10.1 Å². The Balaban J connectivity index is 2.33. The van der Waals surface area contributed by atoms with Gasteiger partial charge in [0.2, 0.25) is 0 Å². The van der Waals surface area contributed by atoms with Crippen LogP contribution in [0.15, 0.2) is 23.8 Å². The highest BCUT2D eigenvalue weighted by Crippen LogP contribution is 2.34. The van der Waals surface area contributed by atoms with Crippen molar-refractivity contribution in [1.82, 2.24) is 5.32 Å². The van der Waals surface area contributed by atoms with E-state index in [4.69, 9.17) is 21.7 Å². The van der Waals surface area contributed by atoms with Crippen LogP contribution in [0.1, 0.15) is 37.6 Å². The molecule has 1 aliphatic rings. The first-order valence-corrected chi connectivity index (χ1v) is 7.88. The minimum absolute atomic E-state index is 0.341. The monoisotopic (exact) mass is 332 g/mol. The van der Waals surface area contributed by atoms with Crippen LogP contribution in [0.2, 0.25) is 5.02 Å². The summed E-state index contributed by atoms with van der Waals surface area (Å²) in [7, 11) is 1.53. The van der Waals surface area contributed by atoms with E-state index < -0.39 is 6.23 Å². The summed E-state index contributed by atoms with van der Waals surface area (Å²) in [4.78, 5) is 0. The Morgan fingerprint density at radius 2 is 2.26 bits per heavy atom. The van der Waals surface area contributed by atoms with E-state index in [9.17, 15) is 5.11 Å². The van der Waals surface area contributed by atoms with Gasteiger partial charge in [0.25, 0.3) is 0 Å². The minimum atomic E-state index is -0.791. The summed E-state index contributed by atoms with van der Waals surface area (Å²) in [5.74, 6) is 6.88. The normalized spacial score (nSPS) is 21.2. The van der Waals surface area contributed by atoms with Crippen molar-refractivity contribution in [2.75, 3.05) is 7.11 Å². The number of hydrogen-bond donors (Lipinski definition) is 3. The lowest BCUT2D eigenvalue weighted by Crippen LogP contribution is -2.24. The summed E-state index contributed by atoms with van der Waals surface area (Å²) in [5, 5.41) is 21.2. The van der Waals surface area contributed by atoms with Crippen molar-refractivity contribution in [3.8, 4) is 17.6 Å². The van der Waals surface area contributed by atoms with Gasteiger partial charge in [0, 0.05) is 29.0 Å². The van der Waals surface area contributed by atoms with Gasteiger partial charge < -0.3 is 15.3 Å². The van der Waals surface area contributed by atoms with Crippen LogP contribution in [0.5, 0.6) is 5.75 Å². The predicted molar refractivity (Wildman–Crippen MR) is 93.1 cm³/mol. The second kappa shape index (κ2) is 7.65. The predicted octanol–water partition coefficient (Wildman–Crippen LogP) is 3.28. The van der Waals surface area contributed by atoms with Gasteiger partial charge in [-0.15, -0.1) is 0 Å². The molecule has 0 radical (unpaired) electrons. The number of allylic oxidation sites excluding steroid dienone is 2. The number of hydrogen-bond acceptors (Lipinski definition) is 4. The molecule has 0 bridgehead atoms. The molecule has 3 N–H and O–H groups in total. The third-order valence-electron chi connectivity index (χ3n) is 3.89. The first-order chi connectivity index (χ1) is 11.0. The second-order valence-corrected chi connectivity index (χ2v) is 5.99. The van der Waals surface area contributed by atoms with Crippen LogP contribution in [-0.2, 0) is 0 Å². The first kappa shape index (κ1) is 17.6. The van der Waals surface area contributed by atoms with Crippen LogP contribution in [-0.4, -0.2) is 24.5 Å². The maximum Gasteiger partial charge on any atom is 0.139 e. The molecule has 0 saturated heterocycles. The molecule has 5 heteroatoms. The van der Waals surface area contributed by atoms with E-state index in [-0.39, 0.29) is 0 Å². The van der Waals surface area contributed by atoms with E-state index in [0.29, 0.717) is 39.4 Å². The molecule has 1 aromatic rings. The number of nitrogens with one attached hydrogen (secondary N) is 2. The molecule has 2 unspecified atom stereocenters. The van der Waals surface area contributed by atoms with Crippen molar-refractivity contribution in [2.45, 2.75) is 32.5 Å². The molecule has 23 heavy (non-hydrogen) atoms. The standard InChI is InChI=1S/C18H21ClN2O2/c1-4-12(10-20)5-6-13-8-14(9-16(23-3)17(13)19)18(22)21-15-7-11(15)2/h4,8-11,15,18,20-22H,7H2,1-3H3/b12-4-,20-10?/t11?,15-,18?/m0/s1. The van der Waals surface area contributed by atoms with Gasteiger partial charge >= 0.3 is 0 Å². The topological polar surface area (TPSA) is 65.3 Å². The Morgan fingerprint density at radius 3 is 2.78 bits per heavy atom. The van der Waals surface area contributed by atoms with Gasteiger partial charge in [-0.3, -0.25) is 5.32 Å². The van der Waals surface area contributed by atoms with Gasteiger partial charge in [0.15, 0.2) is 0 Å². The van der Waals surface area contributed by atoms with Crippen molar-refractivity contribution >= 4 is 17.8 Å². The van der Waals surface area contributed by atoms with Crippen LogP contribution in [0.25, 0.3) is 0 Å². The lowest BCUT2D eigenvalue weighted by molar-refractivity contribution is 0.135. The number of rotatable bonds is 5. The number of aliphatic hydroxyl groups is 1. The average molecular weight is 333 g/mol. The molecule has 4 nitrogen and oxygen atoms in total. The summed E-state index contributed by atoms with van der Waals surface area (Å²) < 4.78 is 5.28. The quantitative estimate of drug-likeness (QED) is 0.440. The van der Waals surface area contributed by atoms with Crippen molar-refractivity contribution in [3.63, 3.8) is 0 Å². The zero-order chi connectivity index (χ0) is 17.0. The Labute approximate surface area is 142 Å².